The molecule has 0 atom stereocenters. The summed E-state index contributed by atoms with van der Waals surface area (Å²) in [5, 5.41) is 0. The van der Waals surface area contributed by atoms with E-state index in [4.69, 9.17) is 11.6 Å². The van der Waals surface area contributed by atoms with Crippen LogP contribution in [0.25, 0.3) is 0 Å². The Morgan fingerprint density at radius 2 is 2.15 bits per heavy atom. The first kappa shape index (κ1) is 11.0. The van der Waals surface area contributed by atoms with Crippen molar-refractivity contribution in [2.75, 3.05) is 0 Å². The van der Waals surface area contributed by atoms with Crippen molar-refractivity contribution in [1.29, 1.82) is 0 Å². The summed E-state index contributed by atoms with van der Waals surface area (Å²) in [6, 6.07) is 0.725. The van der Waals surface area contributed by atoms with Crippen LogP contribution in [0.1, 0.15) is 17.7 Å². The molecule has 1 aromatic heterocycles. The number of hydrogen-bond donors (Lipinski definition) is 0. The lowest BCUT2D eigenvalue weighted by atomic mass is 10.2. The van der Waals surface area contributed by atoms with Crippen molar-refractivity contribution in [1.82, 2.24) is 4.98 Å². The maximum absolute atomic E-state index is 12.6. The molecule has 1 heterocycles. The Bertz CT molecular complexity index is 319. The Hall–Kier alpha value is -0.0400. The Balaban J connectivity index is 3.27. The van der Waals surface area contributed by atoms with E-state index in [0.29, 0.717) is 0 Å². The maximum atomic E-state index is 12.6. The van der Waals surface area contributed by atoms with E-state index in [2.05, 4.69) is 4.98 Å². The quantitative estimate of drug-likeness (QED) is 0.461. The molecule has 0 radical (unpaired) electrons. The monoisotopic (exact) mass is 321 g/mol. The molecular formula is C7H4ClF3IN. The van der Waals surface area contributed by atoms with Crippen LogP contribution in [0.4, 0.5) is 13.2 Å². The molecule has 0 fully saturated rings. The minimum absolute atomic E-state index is 0.0737. The second-order valence-corrected chi connectivity index (χ2v) is 3.58. The topological polar surface area (TPSA) is 12.9 Å². The molecule has 0 aliphatic rings. The van der Waals surface area contributed by atoms with E-state index in [1.807, 2.05) is 0 Å². The number of alkyl halides is 3. The third kappa shape index (κ3) is 2.46. The predicted octanol–water partition coefficient (Wildman–Crippen LogP) is 3.50. The van der Waals surface area contributed by atoms with Gasteiger partial charge < -0.3 is 0 Å². The summed E-state index contributed by atoms with van der Waals surface area (Å²) in [5.41, 5.74) is -0.207. The van der Waals surface area contributed by atoms with Gasteiger partial charge in [0, 0.05) is 15.2 Å². The van der Waals surface area contributed by atoms with Crippen molar-refractivity contribution >= 4 is 34.2 Å². The standard InChI is InChI=1S/C7H4ClF3IN/c8-2-4-6(12)3(7(10)11)1-5(9)13-4/h1,7H,2H2. The van der Waals surface area contributed by atoms with E-state index < -0.39 is 12.4 Å². The Morgan fingerprint density at radius 1 is 1.54 bits per heavy atom. The molecule has 0 saturated carbocycles. The zero-order chi connectivity index (χ0) is 10.0. The SMILES string of the molecule is Fc1cc(C(F)F)c(I)c(CCl)n1. The fraction of sp³-hybridized carbons (Fsp3) is 0.286. The zero-order valence-corrected chi connectivity index (χ0v) is 9.11. The number of hydrogen-bond acceptors (Lipinski definition) is 1. The summed E-state index contributed by atoms with van der Waals surface area (Å²) in [7, 11) is 0. The fourth-order valence-corrected chi connectivity index (χ4v) is 1.94. The summed E-state index contributed by atoms with van der Waals surface area (Å²) >= 11 is 7.08. The van der Waals surface area contributed by atoms with Gasteiger partial charge in [-0.15, -0.1) is 11.6 Å². The van der Waals surface area contributed by atoms with Gasteiger partial charge in [0.15, 0.2) is 0 Å². The van der Waals surface area contributed by atoms with Crippen molar-refractivity contribution < 1.29 is 13.2 Å². The Labute approximate surface area is 91.4 Å². The van der Waals surface area contributed by atoms with Crippen LogP contribution >= 0.6 is 34.2 Å². The molecule has 0 bridgehead atoms. The summed E-state index contributed by atoms with van der Waals surface area (Å²) in [6.45, 7) is 0. The van der Waals surface area contributed by atoms with Crippen molar-refractivity contribution in [2.24, 2.45) is 0 Å². The van der Waals surface area contributed by atoms with Crippen LogP contribution in [0.5, 0.6) is 0 Å². The Kier molecular flexibility index (Phi) is 3.78. The number of halogens is 5. The van der Waals surface area contributed by atoms with E-state index >= 15 is 0 Å². The van der Waals surface area contributed by atoms with Gasteiger partial charge in [0.2, 0.25) is 5.95 Å². The van der Waals surface area contributed by atoms with Crippen molar-refractivity contribution in [3.05, 3.63) is 26.8 Å². The molecule has 0 N–H and O–H groups in total. The van der Waals surface area contributed by atoms with Gasteiger partial charge in [-0.3, -0.25) is 0 Å². The Morgan fingerprint density at radius 3 is 2.62 bits per heavy atom. The lowest BCUT2D eigenvalue weighted by Gasteiger charge is -2.06. The largest absolute Gasteiger partial charge is 0.265 e. The van der Waals surface area contributed by atoms with Crippen LogP contribution in [0, 0.1) is 9.52 Å². The van der Waals surface area contributed by atoms with Gasteiger partial charge in [-0.05, 0) is 22.6 Å². The average Bonchev–Trinajstić information content (AvgIpc) is 2.08. The summed E-state index contributed by atoms with van der Waals surface area (Å²) in [4.78, 5) is 3.39. The molecule has 0 spiro atoms. The molecule has 0 saturated heterocycles. The van der Waals surface area contributed by atoms with Crippen LogP contribution in [0.15, 0.2) is 6.07 Å². The summed E-state index contributed by atoms with van der Waals surface area (Å²) < 4.78 is 37.4. The van der Waals surface area contributed by atoms with Crippen molar-refractivity contribution in [3.63, 3.8) is 0 Å². The van der Waals surface area contributed by atoms with E-state index in [1.54, 1.807) is 22.6 Å². The van der Waals surface area contributed by atoms with Crippen LogP contribution in [0.2, 0.25) is 0 Å². The van der Waals surface area contributed by atoms with Gasteiger partial charge in [0.05, 0.1) is 11.6 Å². The van der Waals surface area contributed by atoms with Gasteiger partial charge in [-0.1, -0.05) is 0 Å². The van der Waals surface area contributed by atoms with Gasteiger partial charge in [0.25, 0.3) is 6.43 Å². The van der Waals surface area contributed by atoms with E-state index in [0.717, 1.165) is 6.07 Å². The highest BCUT2D eigenvalue weighted by Crippen LogP contribution is 2.27. The predicted molar refractivity (Wildman–Crippen MR) is 51.4 cm³/mol. The normalized spacial score (nSPS) is 10.9. The van der Waals surface area contributed by atoms with Crippen LogP contribution in [-0.4, -0.2) is 4.98 Å². The van der Waals surface area contributed by atoms with Gasteiger partial charge in [-0.25, -0.2) is 13.8 Å². The first-order chi connectivity index (χ1) is 6.06. The smallest absolute Gasteiger partial charge is 0.222 e. The van der Waals surface area contributed by atoms with Crippen molar-refractivity contribution in [2.45, 2.75) is 12.3 Å². The zero-order valence-electron chi connectivity index (χ0n) is 6.20. The van der Waals surface area contributed by atoms with Gasteiger partial charge in [0.1, 0.15) is 0 Å². The first-order valence-electron chi connectivity index (χ1n) is 3.25. The maximum Gasteiger partial charge on any atom is 0.265 e. The highest BCUT2D eigenvalue weighted by atomic mass is 127. The minimum atomic E-state index is -2.70. The molecule has 72 valence electrons. The lowest BCUT2D eigenvalue weighted by molar-refractivity contribution is 0.149. The number of rotatable bonds is 2. The van der Waals surface area contributed by atoms with E-state index in [-0.39, 0.29) is 20.7 Å². The van der Waals surface area contributed by atoms with Crippen LogP contribution < -0.4 is 0 Å². The third-order valence-corrected chi connectivity index (χ3v) is 2.88. The third-order valence-electron chi connectivity index (χ3n) is 1.38. The molecule has 6 heteroatoms. The summed E-state index contributed by atoms with van der Waals surface area (Å²) in [5.74, 6) is -0.998. The molecule has 1 nitrogen and oxygen atoms in total. The molecule has 0 aliphatic carbocycles. The second kappa shape index (κ2) is 4.45. The summed E-state index contributed by atoms with van der Waals surface area (Å²) in [6.07, 6.45) is -2.70. The molecule has 0 unspecified atom stereocenters. The highest BCUT2D eigenvalue weighted by Gasteiger charge is 2.16. The molecular weight excluding hydrogens is 317 g/mol. The fourth-order valence-electron chi connectivity index (χ4n) is 0.816. The first-order valence-corrected chi connectivity index (χ1v) is 4.86. The number of nitrogens with zero attached hydrogens (tertiary/aromatic N) is 1. The minimum Gasteiger partial charge on any atom is -0.222 e. The number of pyridine rings is 1. The molecule has 0 aromatic carbocycles. The van der Waals surface area contributed by atoms with Crippen LogP contribution in [0.3, 0.4) is 0 Å². The molecule has 1 rings (SSSR count). The van der Waals surface area contributed by atoms with Crippen molar-refractivity contribution in [3.8, 4) is 0 Å². The van der Waals surface area contributed by atoms with E-state index in [9.17, 15) is 13.2 Å². The molecule has 0 amide bonds. The van der Waals surface area contributed by atoms with Gasteiger partial charge in [-0.2, -0.15) is 4.39 Å². The highest BCUT2D eigenvalue weighted by molar-refractivity contribution is 14.1. The number of aromatic nitrogens is 1. The second-order valence-electron chi connectivity index (χ2n) is 2.23. The molecule has 13 heavy (non-hydrogen) atoms. The molecule has 1 aromatic rings. The lowest BCUT2D eigenvalue weighted by Crippen LogP contribution is -2.00. The average molecular weight is 321 g/mol. The van der Waals surface area contributed by atoms with Gasteiger partial charge >= 0.3 is 0 Å². The van der Waals surface area contributed by atoms with Crippen LogP contribution in [-0.2, 0) is 5.88 Å². The van der Waals surface area contributed by atoms with E-state index in [1.165, 1.54) is 0 Å². The molecule has 0 aliphatic heterocycles.